The van der Waals surface area contributed by atoms with E-state index < -0.39 is 11.6 Å². The van der Waals surface area contributed by atoms with Gasteiger partial charge < -0.3 is 16.0 Å². The van der Waals surface area contributed by atoms with E-state index in [4.69, 9.17) is 17.3 Å². The standard InChI is InChI=1S/C19H19ClF3N5S/c20-15-2-1-13(21)5-11(15)8-25-14-3-4-28(10-14)18-7-16(22)12(6-17(18)23)9-26-27-19(24)29/h1-2,5-7,9,14,25H,3-4,8,10H2,(H3,24,27,29)/t14-/m0/s1. The van der Waals surface area contributed by atoms with Crippen molar-refractivity contribution in [2.75, 3.05) is 18.0 Å². The second-order valence-electron chi connectivity index (χ2n) is 6.61. The Morgan fingerprint density at radius 1 is 1.28 bits per heavy atom. The van der Waals surface area contributed by atoms with Gasteiger partial charge in [-0.1, -0.05) is 11.6 Å². The van der Waals surface area contributed by atoms with Gasteiger partial charge in [0.1, 0.15) is 17.5 Å². The van der Waals surface area contributed by atoms with Crippen LogP contribution in [0.2, 0.25) is 5.02 Å². The maximum atomic E-state index is 14.5. The van der Waals surface area contributed by atoms with Gasteiger partial charge in [-0.2, -0.15) is 5.10 Å². The summed E-state index contributed by atoms with van der Waals surface area (Å²) in [6.07, 6.45) is 1.84. The van der Waals surface area contributed by atoms with Crippen molar-refractivity contribution in [2.45, 2.75) is 19.0 Å². The highest BCUT2D eigenvalue weighted by atomic mass is 35.5. The van der Waals surface area contributed by atoms with Crippen LogP contribution in [0.3, 0.4) is 0 Å². The lowest BCUT2D eigenvalue weighted by atomic mass is 10.2. The molecular weight excluding hydrogens is 423 g/mol. The summed E-state index contributed by atoms with van der Waals surface area (Å²) in [6.45, 7) is 1.43. The molecule has 2 aromatic rings. The van der Waals surface area contributed by atoms with Gasteiger partial charge in [0.2, 0.25) is 0 Å². The number of thiocarbonyl (C=S) groups is 1. The predicted octanol–water partition coefficient (Wildman–Crippen LogP) is 3.29. The first-order chi connectivity index (χ1) is 13.8. The molecule has 0 aromatic heterocycles. The fraction of sp³-hybridized carbons (Fsp3) is 0.263. The lowest BCUT2D eigenvalue weighted by Gasteiger charge is -2.20. The maximum absolute atomic E-state index is 14.5. The molecule has 4 N–H and O–H groups in total. The van der Waals surface area contributed by atoms with Crippen LogP contribution in [0.1, 0.15) is 17.5 Å². The minimum Gasteiger partial charge on any atom is -0.375 e. The van der Waals surface area contributed by atoms with Crippen LogP contribution in [-0.2, 0) is 6.54 Å². The van der Waals surface area contributed by atoms with E-state index in [2.05, 4.69) is 28.1 Å². The summed E-state index contributed by atoms with van der Waals surface area (Å²) in [5.74, 6) is -1.53. The highest BCUT2D eigenvalue weighted by Crippen LogP contribution is 2.26. The van der Waals surface area contributed by atoms with Crippen molar-refractivity contribution in [2.24, 2.45) is 10.8 Å². The van der Waals surface area contributed by atoms with Crippen LogP contribution >= 0.6 is 23.8 Å². The van der Waals surface area contributed by atoms with E-state index >= 15 is 0 Å². The van der Waals surface area contributed by atoms with Crippen molar-refractivity contribution in [1.29, 1.82) is 0 Å². The second kappa shape index (κ2) is 9.43. The first-order valence-corrected chi connectivity index (χ1v) is 9.62. The number of nitrogens with one attached hydrogen (secondary N) is 2. The predicted molar refractivity (Wildman–Crippen MR) is 113 cm³/mol. The van der Waals surface area contributed by atoms with Crippen LogP contribution in [0, 0.1) is 17.5 Å². The number of hydrogen-bond donors (Lipinski definition) is 3. The third kappa shape index (κ3) is 5.59. The van der Waals surface area contributed by atoms with Crippen molar-refractivity contribution in [3.05, 3.63) is 63.9 Å². The number of hydrazone groups is 1. The zero-order valence-corrected chi connectivity index (χ0v) is 16.8. The molecule has 5 nitrogen and oxygen atoms in total. The third-order valence-electron chi connectivity index (χ3n) is 4.56. The monoisotopic (exact) mass is 441 g/mol. The number of benzene rings is 2. The molecule has 1 fully saturated rings. The molecule has 1 aliphatic rings. The summed E-state index contributed by atoms with van der Waals surface area (Å²) in [4.78, 5) is 1.76. The van der Waals surface area contributed by atoms with Crippen molar-refractivity contribution in [1.82, 2.24) is 10.7 Å². The zero-order valence-electron chi connectivity index (χ0n) is 15.3. The lowest BCUT2D eigenvalue weighted by Crippen LogP contribution is -2.32. The van der Waals surface area contributed by atoms with Crippen molar-refractivity contribution in [3.8, 4) is 0 Å². The number of anilines is 1. The molecule has 3 rings (SSSR count). The minimum atomic E-state index is -0.613. The minimum absolute atomic E-state index is 0.0235. The van der Waals surface area contributed by atoms with Crippen LogP contribution in [-0.4, -0.2) is 30.5 Å². The SMILES string of the molecule is NC(=S)NN=Cc1cc(F)c(N2CC[C@H](NCc3cc(F)ccc3Cl)C2)cc1F. The number of halogens is 4. The summed E-state index contributed by atoms with van der Waals surface area (Å²) in [6, 6.07) is 6.44. The molecule has 0 aliphatic carbocycles. The number of nitrogens with two attached hydrogens (primary N) is 1. The average Bonchev–Trinajstić information content (AvgIpc) is 3.13. The molecule has 0 spiro atoms. The van der Waals surface area contributed by atoms with E-state index in [0.29, 0.717) is 30.2 Å². The molecule has 0 amide bonds. The second-order valence-corrected chi connectivity index (χ2v) is 7.45. The Kier molecular flexibility index (Phi) is 6.94. The molecule has 0 bridgehead atoms. The Labute approximate surface area is 176 Å². The Morgan fingerprint density at radius 3 is 2.83 bits per heavy atom. The topological polar surface area (TPSA) is 65.7 Å². The molecular formula is C19H19ClF3N5S. The van der Waals surface area contributed by atoms with E-state index in [1.165, 1.54) is 18.2 Å². The third-order valence-corrected chi connectivity index (χ3v) is 5.02. The summed E-state index contributed by atoms with van der Waals surface area (Å²) < 4.78 is 42.2. The Hall–Kier alpha value is -2.36. The molecule has 1 saturated heterocycles. The number of nitrogens with zero attached hydrogens (tertiary/aromatic N) is 2. The first kappa shape index (κ1) is 21.4. The smallest absolute Gasteiger partial charge is 0.184 e. The van der Waals surface area contributed by atoms with Gasteiger partial charge >= 0.3 is 0 Å². The molecule has 29 heavy (non-hydrogen) atoms. The quantitative estimate of drug-likeness (QED) is 0.365. The van der Waals surface area contributed by atoms with Crippen LogP contribution in [0.25, 0.3) is 0 Å². The fourth-order valence-corrected chi connectivity index (χ4v) is 3.37. The molecule has 0 saturated carbocycles. The summed E-state index contributed by atoms with van der Waals surface area (Å²) in [5.41, 5.74) is 8.31. The number of hydrogen-bond acceptors (Lipinski definition) is 4. The van der Waals surface area contributed by atoms with E-state index in [-0.39, 0.29) is 28.2 Å². The Bertz CT molecular complexity index is 940. The fourth-order valence-electron chi connectivity index (χ4n) is 3.14. The van der Waals surface area contributed by atoms with Gasteiger partial charge in [-0.25, -0.2) is 13.2 Å². The molecule has 0 unspecified atom stereocenters. The van der Waals surface area contributed by atoms with Gasteiger partial charge in [0.15, 0.2) is 5.11 Å². The summed E-state index contributed by atoms with van der Waals surface area (Å²) in [5, 5.41) is 7.33. The molecule has 1 aliphatic heterocycles. The van der Waals surface area contributed by atoms with E-state index in [1.807, 2.05) is 0 Å². The Balaban J connectivity index is 1.63. The number of rotatable bonds is 6. The molecule has 1 heterocycles. The molecule has 154 valence electrons. The maximum Gasteiger partial charge on any atom is 0.184 e. The van der Waals surface area contributed by atoms with Gasteiger partial charge in [-0.05, 0) is 48.5 Å². The summed E-state index contributed by atoms with van der Waals surface area (Å²) in [7, 11) is 0. The van der Waals surface area contributed by atoms with Gasteiger partial charge in [0.05, 0.1) is 11.9 Å². The van der Waals surface area contributed by atoms with Crippen molar-refractivity contribution in [3.63, 3.8) is 0 Å². The van der Waals surface area contributed by atoms with Crippen molar-refractivity contribution < 1.29 is 13.2 Å². The lowest BCUT2D eigenvalue weighted by molar-refractivity contribution is 0.547. The molecule has 10 heteroatoms. The van der Waals surface area contributed by atoms with Gasteiger partial charge in [0, 0.05) is 42.3 Å². The summed E-state index contributed by atoms with van der Waals surface area (Å²) >= 11 is 10.7. The highest BCUT2D eigenvalue weighted by Gasteiger charge is 2.25. The van der Waals surface area contributed by atoms with E-state index in [9.17, 15) is 13.2 Å². The normalized spacial score (nSPS) is 16.6. The first-order valence-electron chi connectivity index (χ1n) is 8.83. The average molecular weight is 442 g/mol. The van der Waals surface area contributed by atoms with Gasteiger partial charge in [0.25, 0.3) is 0 Å². The van der Waals surface area contributed by atoms with Crippen LogP contribution in [0.5, 0.6) is 0 Å². The van der Waals surface area contributed by atoms with E-state index in [1.54, 1.807) is 4.90 Å². The molecule has 2 aromatic carbocycles. The largest absolute Gasteiger partial charge is 0.375 e. The highest BCUT2D eigenvalue weighted by molar-refractivity contribution is 7.80. The molecule has 1 atom stereocenters. The van der Waals surface area contributed by atoms with Crippen molar-refractivity contribution >= 4 is 40.8 Å². The van der Waals surface area contributed by atoms with Crippen LogP contribution in [0.15, 0.2) is 35.4 Å². The van der Waals surface area contributed by atoms with Crippen LogP contribution in [0.4, 0.5) is 18.9 Å². The Morgan fingerprint density at radius 2 is 2.07 bits per heavy atom. The van der Waals surface area contributed by atoms with Crippen LogP contribution < -0.4 is 21.4 Å². The van der Waals surface area contributed by atoms with Gasteiger partial charge in [-0.15, -0.1) is 0 Å². The zero-order chi connectivity index (χ0) is 21.0. The molecule has 0 radical (unpaired) electrons. The van der Waals surface area contributed by atoms with Gasteiger partial charge in [-0.3, -0.25) is 5.43 Å². The van der Waals surface area contributed by atoms with E-state index in [0.717, 1.165) is 24.8 Å².